The number of piperidine rings is 1. The summed E-state index contributed by atoms with van der Waals surface area (Å²) in [5.41, 5.74) is 1.38. The second-order valence-corrected chi connectivity index (χ2v) is 8.17. The van der Waals surface area contributed by atoms with Crippen molar-refractivity contribution >= 4 is 40.3 Å². The molecule has 3 heterocycles. The van der Waals surface area contributed by atoms with Crippen LogP contribution in [0, 0.1) is 5.92 Å². The highest BCUT2D eigenvalue weighted by Gasteiger charge is 2.38. The van der Waals surface area contributed by atoms with Gasteiger partial charge in [0.25, 0.3) is 5.82 Å². The predicted molar refractivity (Wildman–Crippen MR) is 115 cm³/mol. The molecule has 1 saturated heterocycles. The molecule has 1 amide bonds. The standard InChI is InChI=1S/C20H21ClF3N7O/c1-29(2)17-13(21)4-3-5-14(17)25-18(32)12-8-10-30(11-9-12)16-7-6-15-26-27-19(20(22,23)24)31(15)28-16/h3-7,12H,8-11H2,1-2H3,(H,25,32). The lowest BCUT2D eigenvalue weighted by Crippen LogP contribution is -2.39. The summed E-state index contributed by atoms with van der Waals surface area (Å²) in [5.74, 6) is -1.13. The zero-order valence-corrected chi connectivity index (χ0v) is 18.2. The molecule has 1 N–H and O–H groups in total. The van der Waals surface area contributed by atoms with Crippen molar-refractivity contribution in [1.82, 2.24) is 19.8 Å². The molecule has 1 fully saturated rings. The number of nitrogens with one attached hydrogen (secondary N) is 1. The highest BCUT2D eigenvalue weighted by Crippen LogP contribution is 2.33. The summed E-state index contributed by atoms with van der Waals surface area (Å²) in [4.78, 5) is 16.5. The molecule has 32 heavy (non-hydrogen) atoms. The Morgan fingerprint density at radius 1 is 1.16 bits per heavy atom. The maximum Gasteiger partial charge on any atom is 0.453 e. The third-order valence-electron chi connectivity index (χ3n) is 5.38. The Kier molecular flexibility index (Phi) is 5.85. The van der Waals surface area contributed by atoms with E-state index < -0.39 is 12.0 Å². The van der Waals surface area contributed by atoms with Gasteiger partial charge in [0.15, 0.2) is 5.65 Å². The molecule has 0 saturated carbocycles. The van der Waals surface area contributed by atoms with Crippen molar-refractivity contribution < 1.29 is 18.0 Å². The topological polar surface area (TPSA) is 78.7 Å². The number of rotatable bonds is 4. The predicted octanol–water partition coefficient (Wildman–Crippen LogP) is 3.72. The summed E-state index contributed by atoms with van der Waals surface area (Å²) in [5, 5.41) is 14.3. The fourth-order valence-electron chi connectivity index (χ4n) is 3.80. The molecule has 3 aromatic rings. The minimum Gasteiger partial charge on any atom is -0.375 e. The van der Waals surface area contributed by atoms with Crippen molar-refractivity contribution in [3.05, 3.63) is 41.2 Å². The van der Waals surface area contributed by atoms with Crippen LogP contribution in [0.3, 0.4) is 0 Å². The number of alkyl halides is 3. The Hall–Kier alpha value is -3.08. The molecule has 8 nitrogen and oxygen atoms in total. The molecule has 0 unspecified atom stereocenters. The van der Waals surface area contributed by atoms with Crippen molar-refractivity contribution in [1.29, 1.82) is 0 Å². The van der Waals surface area contributed by atoms with Crippen LogP contribution in [0.15, 0.2) is 30.3 Å². The van der Waals surface area contributed by atoms with Gasteiger partial charge in [-0.2, -0.15) is 17.7 Å². The number of amides is 1. The maximum absolute atomic E-state index is 13.1. The Morgan fingerprint density at radius 3 is 2.53 bits per heavy atom. The van der Waals surface area contributed by atoms with Gasteiger partial charge >= 0.3 is 6.18 Å². The van der Waals surface area contributed by atoms with Crippen LogP contribution in [-0.4, -0.2) is 52.9 Å². The van der Waals surface area contributed by atoms with Gasteiger partial charge in [-0.3, -0.25) is 4.79 Å². The van der Waals surface area contributed by atoms with Gasteiger partial charge in [0.1, 0.15) is 5.82 Å². The number of benzene rings is 1. The first-order valence-corrected chi connectivity index (χ1v) is 10.3. The third kappa shape index (κ3) is 4.29. The Labute approximate surface area is 187 Å². The van der Waals surface area contributed by atoms with Gasteiger partial charge in [-0.05, 0) is 37.1 Å². The van der Waals surface area contributed by atoms with E-state index in [0.29, 0.717) is 47.0 Å². The average Bonchev–Trinajstić information content (AvgIpc) is 3.17. The maximum atomic E-state index is 13.1. The largest absolute Gasteiger partial charge is 0.453 e. The summed E-state index contributed by atoms with van der Waals surface area (Å²) in [6, 6.07) is 8.39. The van der Waals surface area contributed by atoms with Gasteiger partial charge in [0, 0.05) is 33.1 Å². The van der Waals surface area contributed by atoms with Crippen molar-refractivity contribution in [3.63, 3.8) is 0 Å². The van der Waals surface area contributed by atoms with Gasteiger partial charge < -0.3 is 15.1 Å². The summed E-state index contributed by atoms with van der Waals surface area (Å²) in [7, 11) is 3.69. The zero-order chi connectivity index (χ0) is 23.0. The lowest BCUT2D eigenvalue weighted by molar-refractivity contribution is -0.146. The van der Waals surface area contributed by atoms with Gasteiger partial charge in [-0.15, -0.1) is 15.3 Å². The number of fused-ring (bicyclic) bond motifs is 1. The second-order valence-electron chi connectivity index (χ2n) is 7.76. The van der Waals surface area contributed by atoms with Crippen molar-refractivity contribution in [3.8, 4) is 0 Å². The zero-order valence-electron chi connectivity index (χ0n) is 17.4. The number of nitrogens with zero attached hydrogens (tertiary/aromatic N) is 6. The van der Waals surface area contributed by atoms with E-state index in [-0.39, 0.29) is 17.5 Å². The van der Waals surface area contributed by atoms with Crippen LogP contribution in [0.4, 0.5) is 30.4 Å². The van der Waals surface area contributed by atoms with E-state index in [1.165, 1.54) is 6.07 Å². The number of aromatic nitrogens is 4. The molecule has 12 heteroatoms. The molecule has 4 rings (SSSR count). The average molecular weight is 468 g/mol. The molecule has 2 aromatic heterocycles. The molecule has 0 bridgehead atoms. The van der Waals surface area contributed by atoms with Crippen LogP contribution < -0.4 is 15.1 Å². The van der Waals surface area contributed by atoms with Crippen LogP contribution in [0.25, 0.3) is 5.65 Å². The van der Waals surface area contributed by atoms with Crippen LogP contribution >= 0.6 is 11.6 Å². The van der Waals surface area contributed by atoms with Crippen LogP contribution in [0.5, 0.6) is 0 Å². The quantitative estimate of drug-likeness (QED) is 0.630. The SMILES string of the molecule is CN(C)c1c(Cl)cccc1NC(=O)C1CCN(c2ccc3nnc(C(F)(F)F)n3n2)CC1. The lowest BCUT2D eigenvalue weighted by Gasteiger charge is -2.32. The van der Waals surface area contributed by atoms with Crippen LogP contribution in [0.2, 0.25) is 5.02 Å². The monoisotopic (exact) mass is 467 g/mol. The molecule has 0 aliphatic carbocycles. The fraction of sp³-hybridized carbons (Fsp3) is 0.400. The van der Waals surface area contributed by atoms with E-state index in [1.54, 1.807) is 24.3 Å². The highest BCUT2D eigenvalue weighted by atomic mass is 35.5. The smallest absolute Gasteiger partial charge is 0.375 e. The Bertz CT molecular complexity index is 1140. The van der Waals surface area contributed by atoms with Crippen molar-refractivity contribution in [2.75, 3.05) is 42.3 Å². The summed E-state index contributed by atoms with van der Waals surface area (Å²) in [6.07, 6.45) is -3.57. The molecule has 1 aliphatic heterocycles. The Morgan fingerprint density at radius 2 is 1.88 bits per heavy atom. The number of halogens is 4. The number of carbonyl (C=O) groups excluding carboxylic acids is 1. The summed E-state index contributed by atoms with van der Waals surface area (Å²) >= 11 is 6.27. The summed E-state index contributed by atoms with van der Waals surface area (Å²) < 4.78 is 40.0. The van der Waals surface area contributed by atoms with Gasteiger partial charge in [-0.1, -0.05) is 17.7 Å². The number of carbonyl (C=O) groups is 1. The second kappa shape index (κ2) is 8.45. The Balaban J connectivity index is 1.45. The van der Waals surface area contributed by atoms with Crippen LogP contribution in [0.1, 0.15) is 18.7 Å². The molecule has 0 radical (unpaired) electrons. The first-order chi connectivity index (χ1) is 15.1. The third-order valence-corrected chi connectivity index (χ3v) is 5.69. The van der Waals surface area contributed by atoms with E-state index >= 15 is 0 Å². The van der Waals surface area contributed by atoms with Crippen molar-refractivity contribution in [2.24, 2.45) is 5.92 Å². The van der Waals surface area contributed by atoms with E-state index in [4.69, 9.17) is 11.6 Å². The first kappa shape index (κ1) is 22.1. The van der Waals surface area contributed by atoms with Gasteiger partial charge in [0.2, 0.25) is 5.91 Å². The number of para-hydroxylation sites is 1. The minimum atomic E-state index is -4.65. The van der Waals surface area contributed by atoms with Crippen molar-refractivity contribution in [2.45, 2.75) is 19.0 Å². The van der Waals surface area contributed by atoms with Gasteiger partial charge in [0.05, 0.1) is 16.4 Å². The lowest BCUT2D eigenvalue weighted by atomic mass is 9.95. The molecular weight excluding hydrogens is 447 g/mol. The fourth-order valence-corrected chi connectivity index (χ4v) is 4.14. The number of hydrogen-bond donors (Lipinski definition) is 1. The van der Waals surface area contributed by atoms with E-state index in [0.717, 1.165) is 5.69 Å². The van der Waals surface area contributed by atoms with Crippen LogP contribution in [-0.2, 0) is 11.0 Å². The van der Waals surface area contributed by atoms with E-state index in [9.17, 15) is 18.0 Å². The van der Waals surface area contributed by atoms with E-state index in [1.807, 2.05) is 23.9 Å². The number of hydrogen-bond acceptors (Lipinski definition) is 6. The van der Waals surface area contributed by atoms with E-state index in [2.05, 4.69) is 20.6 Å². The summed E-state index contributed by atoms with van der Waals surface area (Å²) in [6.45, 7) is 0.965. The molecule has 0 spiro atoms. The molecule has 1 aromatic carbocycles. The first-order valence-electron chi connectivity index (χ1n) is 9.96. The molecule has 170 valence electrons. The van der Waals surface area contributed by atoms with Gasteiger partial charge in [-0.25, -0.2) is 0 Å². The normalized spacial score (nSPS) is 15.2. The highest BCUT2D eigenvalue weighted by molar-refractivity contribution is 6.34. The molecule has 0 atom stereocenters. The molecular formula is C20H21ClF3N7O. The molecule has 1 aliphatic rings. The minimum absolute atomic E-state index is 0.0218. The number of anilines is 3.